The second-order valence-corrected chi connectivity index (χ2v) is 5.23. The molecule has 1 aliphatic carbocycles. The van der Waals surface area contributed by atoms with Crippen LogP contribution >= 0.6 is 0 Å². The lowest BCUT2D eigenvalue weighted by Gasteiger charge is -2.33. The molecule has 0 unspecified atom stereocenters. The number of nitriles is 1. The Hall–Kier alpha value is -1.60. The van der Waals surface area contributed by atoms with Crippen LogP contribution in [0.1, 0.15) is 33.6 Å². The first-order valence-electron chi connectivity index (χ1n) is 6.01. The van der Waals surface area contributed by atoms with E-state index >= 15 is 0 Å². The van der Waals surface area contributed by atoms with Crippen LogP contribution in [-0.4, -0.2) is 21.8 Å². The average Bonchev–Trinajstić information content (AvgIpc) is 3.05. The molecule has 1 fully saturated rings. The molecule has 18 heavy (non-hydrogen) atoms. The molecule has 1 rings (SSSR count). The second kappa shape index (κ2) is 4.95. The topological polar surface area (TPSA) is 81.3 Å². The van der Waals surface area contributed by atoms with Crippen LogP contribution in [0.2, 0.25) is 0 Å². The smallest absolute Gasteiger partial charge is 0.328 e. The fourth-order valence-electron chi connectivity index (χ4n) is 2.13. The maximum Gasteiger partial charge on any atom is 0.328 e. The Morgan fingerprint density at radius 1 is 1.50 bits per heavy atom. The predicted molar refractivity (Wildman–Crippen MR) is 67.6 cm³/mol. The molecule has 0 bridgehead atoms. The van der Waals surface area contributed by atoms with Crippen molar-refractivity contribution in [2.75, 3.05) is 0 Å². The summed E-state index contributed by atoms with van der Waals surface area (Å²) in [5, 5.41) is 28.5. The fourth-order valence-corrected chi connectivity index (χ4v) is 2.13. The Bertz CT molecular complexity index is 438. The molecule has 1 saturated carbocycles. The van der Waals surface area contributed by atoms with E-state index in [4.69, 9.17) is 5.11 Å². The molecular weight excluding hydrogens is 230 g/mol. The van der Waals surface area contributed by atoms with Crippen molar-refractivity contribution in [1.29, 1.82) is 5.26 Å². The number of carbonyl (C=O) groups is 1. The van der Waals surface area contributed by atoms with Crippen molar-refractivity contribution in [3.05, 3.63) is 23.8 Å². The maximum atomic E-state index is 10.7. The minimum Gasteiger partial charge on any atom is -0.478 e. The number of carboxylic acids is 1. The Labute approximate surface area is 107 Å². The molecule has 98 valence electrons. The van der Waals surface area contributed by atoms with Crippen molar-refractivity contribution in [3.8, 4) is 6.07 Å². The molecule has 0 saturated heterocycles. The molecule has 4 heteroatoms. The van der Waals surface area contributed by atoms with Crippen molar-refractivity contribution < 1.29 is 15.0 Å². The maximum absolute atomic E-state index is 10.7. The zero-order valence-corrected chi connectivity index (χ0v) is 11.0. The van der Waals surface area contributed by atoms with Crippen LogP contribution in [0.25, 0.3) is 0 Å². The summed E-state index contributed by atoms with van der Waals surface area (Å²) >= 11 is 0. The van der Waals surface area contributed by atoms with Crippen LogP contribution in [0.15, 0.2) is 23.8 Å². The highest BCUT2D eigenvalue weighted by Gasteiger charge is 2.59. The highest BCUT2D eigenvalue weighted by atomic mass is 16.4. The van der Waals surface area contributed by atoms with Gasteiger partial charge in [-0.25, -0.2) is 4.79 Å². The number of hydrogen-bond acceptors (Lipinski definition) is 3. The number of aliphatic hydroxyl groups is 1. The van der Waals surface area contributed by atoms with Crippen molar-refractivity contribution in [2.45, 2.75) is 39.2 Å². The molecule has 2 N–H and O–H groups in total. The van der Waals surface area contributed by atoms with Crippen LogP contribution in [0, 0.1) is 22.7 Å². The van der Waals surface area contributed by atoms with E-state index in [-0.39, 0.29) is 5.92 Å². The minimum atomic E-state index is -1.20. The van der Waals surface area contributed by atoms with Crippen LogP contribution in [0.4, 0.5) is 0 Å². The van der Waals surface area contributed by atoms with Gasteiger partial charge in [-0.3, -0.25) is 0 Å². The molecule has 0 aromatic carbocycles. The quantitative estimate of drug-likeness (QED) is 0.578. The lowest BCUT2D eigenvalue weighted by Crippen LogP contribution is -2.42. The van der Waals surface area contributed by atoms with Gasteiger partial charge in [-0.15, -0.1) is 0 Å². The molecule has 0 aliphatic heterocycles. The van der Waals surface area contributed by atoms with Gasteiger partial charge in [-0.1, -0.05) is 26.0 Å². The lowest BCUT2D eigenvalue weighted by molar-refractivity contribution is -0.131. The molecule has 1 aliphatic rings. The van der Waals surface area contributed by atoms with E-state index in [0.717, 1.165) is 6.08 Å². The number of hydrogen-bond donors (Lipinski definition) is 2. The predicted octanol–water partition coefficient (Wildman–Crippen LogP) is 2.26. The summed E-state index contributed by atoms with van der Waals surface area (Å²) in [7, 11) is 0. The third kappa shape index (κ3) is 2.62. The van der Waals surface area contributed by atoms with Crippen LogP contribution < -0.4 is 0 Å². The number of nitrogens with zero attached hydrogens (tertiary/aromatic N) is 1. The minimum absolute atomic E-state index is 0.103. The monoisotopic (exact) mass is 249 g/mol. The van der Waals surface area contributed by atoms with Crippen LogP contribution in [-0.2, 0) is 4.79 Å². The zero-order chi connectivity index (χ0) is 14.0. The molecular formula is C14H19NO3. The Morgan fingerprint density at radius 3 is 2.39 bits per heavy atom. The van der Waals surface area contributed by atoms with Gasteiger partial charge in [0.25, 0.3) is 0 Å². The Kier molecular flexibility index (Phi) is 3.98. The highest BCUT2D eigenvalue weighted by molar-refractivity contribution is 5.81. The van der Waals surface area contributed by atoms with E-state index in [1.807, 2.05) is 13.8 Å². The first-order chi connectivity index (χ1) is 8.27. The number of allylic oxidation sites excluding steroid dienone is 2. The standard InChI is InChI=1S/C14H19NO3/c1-10(2)14(18,13(9-15)6-7-13)5-4-11(3)8-12(16)17/h4-5,8,10,18H,6-7H2,1-3H3,(H,16,17)/b5-4+,11-8-/t14-/m0/s1. The van der Waals surface area contributed by atoms with Gasteiger partial charge in [-0.05, 0) is 31.3 Å². The SMILES string of the molecule is CC(=C/C(=O)O)/C=C/[C@](O)(C(C)C)C1(C#N)CC1. The van der Waals surface area contributed by atoms with Gasteiger partial charge < -0.3 is 10.2 Å². The first kappa shape index (κ1) is 14.5. The summed E-state index contributed by atoms with van der Waals surface area (Å²) in [5.74, 6) is -1.12. The van der Waals surface area contributed by atoms with E-state index in [2.05, 4.69) is 6.07 Å². The van der Waals surface area contributed by atoms with Gasteiger partial charge in [0.15, 0.2) is 0 Å². The second-order valence-electron chi connectivity index (χ2n) is 5.23. The largest absolute Gasteiger partial charge is 0.478 e. The Balaban J connectivity index is 3.00. The molecule has 0 spiro atoms. The summed E-state index contributed by atoms with van der Waals surface area (Å²) in [6.45, 7) is 5.37. The van der Waals surface area contributed by atoms with Crippen LogP contribution in [0.3, 0.4) is 0 Å². The summed E-state index contributed by atoms with van der Waals surface area (Å²) in [4.78, 5) is 10.5. The number of aliphatic carboxylic acids is 1. The van der Waals surface area contributed by atoms with Gasteiger partial charge in [0.05, 0.1) is 11.5 Å². The molecule has 0 radical (unpaired) electrons. The van der Waals surface area contributed by atoms with Crippen molar-refractivity contribution in [2.24, 2.45) is 11.3 Å². The summed E-state index contributed by atoms with van der Waals surface area (Å²) in [6, 6.07) is 2.20. The van der Waals surface area contributed by atoms with E-state index in [1.165, 1.54) is 0 Å². The molecule has 0 aromatic heterocycles. The summed E-state index contributed by atoms with van der Waals surface area (Å²) in [5.41, 5.74) is -1.37. The molecule has 4 nitrogen and oxygen atoms in total. The van der Waals surface area contributed by atoms with Crippen molar-refractivity contribution >= 4 is 5.97 Å². The Morgan fingerprint density at radius 2 is 2.06 bits per heavy atom. The average molecular weight is 249 g/mol. The summed E-state index contributed by atoms with van der Waals surface area (Å²) in [6.07, 6.45) is 5.59. The van der Waals surface area contributed by atoms with Gasteiger partial charge in [0.2, 0.25) is 0 Å². The number of carboxylic acid groups (broad SMARTS) is 1. The van der Waals surface area contributed by atoms with Gasteiger partial charge in [0, 0.05) is 6.08 Å². The number of rotatable bonds is 5. The highest BCUT2D eigenvalue weighted by Crippen LogP contribution is 2.56. The molecule has 0 heterocycles. The van der Waals surface area contributed by atoms with E-state index in [9.17, 15) is 15.2 Å². The lowest BCUT2D eigenvalue weighted by atomic mass is 9.76. The third-order valence-corrected chi connectivity index (χ3v) is 3.56. The van der Waals surface area contributed by atoms with Gasteiger partial charge >= 0.3 is 5.97 Å². The van der Waals surface area contributed by atoms with Gasteiger partial charge in [-0.2, -0.15) is 5.26 Å². The zero-order valence-electron chi connectivity index (χ0n) is 11.0. The van der Waals surface area contributed by atoms with Crippen molar-refractivity contribution in [3.63, 3.8) is 0 Å². The molecule has 1 atom stereocenters. The normalized spacial score (nSPS) is 21.7. The molecule has 0 aromatic rings. The summed E-state index contributed by atoms with van der Waals surface area (Å²) < 4.78 is 0. The van der Waals surface area contributed by atoms with Crippen molar-refractivity contribution in [1.82, 2.24) is 0 Å². The first-order valence-corrected chi connectivity index (χ1v) is 6.01. The van der Waals surface area contributed by atoms with E-state index < -0.39 is 17.0 Å². The van der Waals surface area contributed by atoms with E-state index in [0.29, 0.717) is 18.4 Å². The van der Waals surface area contributed by atoms with E-state index in [1.54, 1.807) is 19.1 Å². The molecule has 0 amide bonds. The fraction of sp³-hybridized carbons (Fsp3) is 0.571. The van der Waals surface area contributed by atoms with Gasteiger partial charge in [0.1, 0.15) is 5.60 Å². The van der Waals surface area contributed by atoms with Crippen LogP contribution in [0.5, 0.6) is 0 Å². The third-order valence-electron chi connectivity index (χ3n) is 3.56.